The Balaban J connectivity index is 1.45. The van der Waals surface area contributed by atoms with Crippen molar-refractivity contribution in [3.05, 3.63) is 78.4 Å². The highest BCUT2D eigenvalue weighted by atomic mass is 32.2. The number of benzene rings is 1. The van der Waals surface area contributed by atoms with Gasteiger partial charge in [0.1, 0.15) is 9.96 Å². The molecule has 3 heterocycles. The van der Waals surface area contributed by atoms with E-state index in [1.807, 2.05) is 6.07 Å². The van der Waals surface area contributed by atoms with E-state index >= 15 is 0 Å². The number of nitrogens with zero attached hydrogens (tertiary/aromatic N) is 4. The lowest BCUT2D eigenvalue weighted by Gasteiger charge is -2.14. The summed E-state index contributed by atoms with van der Waals surface area (Å²) in [6.45, 7) is -0.102. The number of rotatable bonds is 9. The molecule has 176 valence electrons. The number of hydrogen-bond donors (Lipinski definition) is 2. The normalized spacial score (nSPS) is 12.4. The summed E-state index contributed by atoms with van der Waals surface area (Å²) in [7, 11) is -2.50. The van der Waals surface area contributed by atoms with Gasteiger partial charge in [-0.05, 0) is 35.9 Å². The second kappa shape index (κ2) is 10.1. The van der Waals surface area contributed by atoms with Crippen molar-refractivity contribution in [1.29, 1.82) is 0 Å². The standard InChI is InChI=1S/C22H21N5O5S2/c1-32-22(29)19(11-15-4-6-18(28)7-5-15)27-14-17(25-26-27)13-24-34(30,31)21-9-8-20(33-21)16-3-2-10-23-12-16/h2-10,12,14,19,24,28H,11,13H2,1H3/t19-/m0/s1. The van der Waals surface area contributed by atoms with Gasteiger partial charge in [-0.25, -0.2) is 22.6 Å². The maximum atomic E-state index is 12.7. The predicted octanol–water partition coefficient (Wildman–Crippen LogP) is 2.54. The van der Waals surface area contributed by atoms with Crippen LogP contribution in [0.4, 0.5) is 0 Å². The molecule has 1 aromatic carbocycles. The van der Waals surface area contributed by atoms with E-state index in [0.717, 1.165) is 27.3 Å². The number of esters is 1. The molecule has 0 aliphatic carbocycles. The van der Waals surface area contributed by atoms with Crippen LogP contribution in [0.5, 0.6) is 5.75 Å². The first-order valence-corrected chi connectivity index (χ1v) is 12.4. The Morgan fingerprint density at radius 2 is 2.00 bits per heavy atom. The molecule has 0 aliphatic rings. The third-order valence-electron chi connectivity index (χ3n) is 4.95. The maximum absolute atomic E-state index is 12.7. The van der Waals surface area contributed by atoms with Crippen molar-refractivity contribution < 1.29 is 23.1 Å². The second-order valence-electron chi connectivity index (χ2n) is 7.28. The lowest BCUT2D eigenvalue weighted by Crippen LogP contribution is -2.24. The fraction of sp³-hybridized carbons (Fsp3) is 0.182. The maximum Gasteiger partial charge on any atom is 0.331 e. The van der Waals surface area contributed by atoms with Crippen molar-refractivity contribution in [2.24, 2.45) is 0 Å². The number of phenols is 1. The van der Waals surface area contributed by atoms with Crippen LogP contribution in [0.2, 0.25) is 0 Å². The average Bonchev–Trinajstić information content (AvgIpc) is 3.53. The first-order chi connectivity index (χ1) is 16.4. The molecule has 4 rings (SSSR count). The highest BCUT2D eigenvalue weighted by molar-refractivity contribution is 7.91. The quantitative estimate of drug-likeness (QED) is 0.335. The van der Waals surface area contributed by atoms with Crippen molar-refractivity contribution in [3.63, 3.8) is 0 Å². The Labute approximate surface area is 199 Å². The fourth-order valence-electron chi connectivity index (χ4n) is 3.19. The Hall–Kier alpha value is -3.61. The van der Waals surface area contributed by atoms with E-state index in [2.05, 4.69) is 20.0 Å². The molecule has 0 radical (unpaired) electrons. The van der Waals surface area contributed by atoms with Gasteiger partial charge in [-0.2, -0.15) is 0 Å². The van der Waals surface area contributed by atoms with Gasteiger partial charge in [-0.3, -0.25) is 4.98 Å². The number of carbonyl (C=O) groups excluding carboxylic acids is 1. The SMILES string of the molecule is COC(=O)[C@H](Cc1ccc(O)cc1)n1cc(CNS(=O)(=O)c2ccc(-c3cccnc3)s2)nn1. The summed E-state index contributed by atoms with van der Waals surface area (Å²) in [4.78, 5) is 17.2. The van der Waals surface area contributed by atoms with Gasteiger partial charge >= 0.3 is 5.97 Å². The number of aromatic nitrogens is 4. The summed E-state index contributed by atoms with van der Waals surface area (Å²) in [5.74, 6) is -0.404. The van der Waals surface area contributed by atoms with Gasteiger partial charge in [-0.15, -0.1) is 16.4 Å². The molecular formula is C22H21N5O5S2. The van der Waals surface area contributed by atoms with Crippen molar-refractivity contribution in [2.45, 2.75) is 23.2 Å². The van der Waals surface area contributed by atoms with E-state index in [4.69, 9.17) is 4.74 Å². The third kappa shape index (κ3) is 5.47. The highest BCUT2D eigenvalue weighted by Gasteiger charge is 2.24. The molecule has 12 heteroatoms. The van der Waals surface area contributed by atoms with E-state index < -0.39 is 22.0 Å². The van der Waals surface area contributed by atoms with Gasteiger partial charge in [0.25, 0.3) is 0 Å². The molecule has 3 aromatic heterocycles. The third-order valence-corrected chi connectivity index (χ3v) is 7.98. The van der Waals surface area contributed by atoms with Crippen molar-refractivity contribution >= 4 is 27.3 Å². The number of sulfonamides is 1. The van der Waals surface area contributed by atoms with Gasteiger partial charge in [0.05, 0.1) is 25.5 Å². The molecule has 0 spiro atoms. The van der Waals surface area contributed by atoms with E-state index in [-0.39, 0.29) is 22.9 Å². The minimum Gasteiger partial charge on any atom is -0.508 e. The molecule has 0 bridgehead atoms. The van der Waals surface area contributed by atoms with Gasteiger partial charge in [0.2, 0.25) is 10.0 Å². The van der Waals surface area contributed by atoms with Crippen LogP contribution in [0.3, 0.4) is 0 Å². The Morgan fingerprint density at radius 3 is 2.71 bits per heavy atom. The molecule has 1 atom stereocenters. The van der Waals surface area contributed by atoms with E-state index in [1.54, 1.807) is 36.7 Å². The van der Waals surface area contributed by atoms with Crippen LogP contribution in [0.15, 0.2) is 71.3 Å². The molecular weight excluding hydrogens is 478 g/mol. The van der Waals surface area contributed by atoms with Crippen molar-refractivity contribution in [3.8, 4) is 16.2 Å². The highest BCUT2D eigenvalue weighted by Crippen LogP contribution is 2.30. The number of pyridine rings is 1. The minimum atomic E-state index is -3.77. The van der Waals surface area contributed by atoms with Crippen LogP contribution in [-0.4, -0.2) is 46.6 Å². The molecule has 0 amide bonds. The predicted molar refractivity (Wildman–Crippen MR) is 124 cm³/mol. The number of aromatic hydroxyl groups is 1. The average molecular weight is 500 g/mol. The zero-order valence-corrected chi connectivity index (χ0v) is 19.7. The Morgan fingerprint density at radius 1 is 1.21 bits per heavy atom. The van der Waals surface area contributed by atoms with Crippen LogP contribution in [0, 0.1) is 0 Å². The number of thiophene rings is 1. The monoisotopic (exact) mass is 499 g/mol. The van der Waals surface area contributed by atoms with Gasteiger partial charge in [0.15, 0.2) is 6.04 Å². The fourth-order valence-corrected chi connectivity index (χ4v) is 5.53. The molecule has 34 heavy (non-hydrogen) atoms. The lowest BCUT2D eigenvalue weighted by molar-refractivity contribution is -0.144. The van der Waals surface area contributed by atoms with Crippen LogP contribution in [0.25, 0.3) is 10.4 Å². The van der Waals surface area contributed by atoms with Crippen LogP contribution < -0.4 is 4.72 Å². The second-order valence-corrected chi connectivity index (χ2v) is 10.4. The van der Waals surface area contributed by atoms with Gasteiger partial charge < -0.3 is 9.84 Å². The number of nitrogens with one attached hydrogen (secondary N) is 1. The summed E-state index contributed by atoms with van der Waals surface area (Å²) in [5.41, 5.74) is 1.96. The molecule has 4 aromatic rings. The van der Waals surface area contributed by atoms with E-state index in [0.29, 0.717) is 5.69 Å². The van der Waals surface area contributed by atoms with Crippen molar-refractivity contribution in [1.82, 2.24) is 24.7 Å². The molecule has 0 saturated carbocycles. The molecule has 0 saturated heterocycles. The Bertz CT molecular complexity index is 1370. The summed E-state index contributed by atoms with van der Waals surface area (Å²) in [6, 6.07) is 12.5. The van der Waals surface area contributed by atoms with Crippen molar-refractivity contribution in [2.75, 3.05) is 7.11 Å². The number of methoxy groups -OCH3 is 1. The number of phenolic OH excluding ortho intramolecular Hbond substituents is 1. The first-order valence-electron chi connectivity index (χ1n) is 10.1. The smallest absolute Gasteiger partial charge is 0.331 e. The largest absolute Gasteiger partial charge is 0.508 e. The van der Waals surface area contributed by atoms with E-state index in [9.17, 15) is 18.3 Å². The Kier molecular flexibility index (Phi) is 7.01. The number of ether oxygens (including phenoxy) is 1. The summed E-state index contributed by atoms with van der Waals surface area (Å²) >= 11 is 1.14. The zero-order valence-electron chi connectivity index (χ0n) is 18.0. The van der Waals surface area contributed by atoms with E-state index in [1.165, 1.54) is 36.2 Å². The zero-order chi connectivity index (χ0) is 24.1. The molecule has 2 N–H and O–H groups in total. The molecule has 0 aliphatic heterocycles. The number of carbonyl (C=O) groups is 1. The minimum absolute atomic E-state index is 0.102. The van der Waals surface area contributed by atoms with Crippen LogP contribution >= 0.6 is 11.3 Å². The first kappa shape index (κ1) is 23.5. The number of hydrogen-bond acceptors (Lipinski definition) is 9. The molecule has 0 fully saturated rings. The van der Waals surface area contributed by atoms with Gasteiger partial charge in [0, 0.05) is 29.3 Å². The van der Waals surface area contributed by atoms with Crippen LogP contribution in [-0.2, 0) is 32.5 Å². The topological polar surface area (TPSA) is 136 Å². The lowest BCUT2D eigenvalue weighted by atomic mass is 10.1. The summed E-state index contributed by atoms with van der Waals surface area (Å²) < 4.78 is 34.4. The van der Waals surface area contributed by atoms with Gasteiger partial charge in [-0.1, -0.05) is 23.4 Å². The summed E-state index contributed by atoms with van der Waals surface area (Å²) in [5, 5.41) is 17.4. The molecule has 0 unspecified atom stereocenters. The molecule has 10 nitrogen and oxygen atoms in total. The van der Waals surface area contributed by atoms with Crippen LogP contribution in [0.1, 0.15) is 17.3 Å². The summed E-state index contributed by atoms with van der Waals surface area (Å²) in [6.07, 6.45) is 5.08.